The molecule has 1 saturated heterocycles. The molecule has 1 N–H and O–H groups in total. The van der Waals surface area contributed by atoms with Crippen LogP contribution in [-0.2, 0) is 0 Å². The number of rotatable bonds is 2. The van der Waals surface area contributed by atoms with E-state index in [-0.39, 0.29) is 5.91 Å². The minimum absolute atomic E-state index is 0.0732. The fraction of sp³-hybridized carbons (Fsp3) is 0.500. The molecule has 4 rings (SSSR count). The van der Waals surface area contributed by atoms with E-state index in [1.165, 1.54) is 0 Å². The van der Waals surface area contributed by atoms with Crippen LogP contribution in [0.2, 0.25) is 0 Å². The van der Waals surface area contributed by atoms with E-state index in [4.69, 9.17) is 4.52 Å². The van der Waals surface area contributed by atoms with E-state index in [0.717, 1.165) is 18.5 Å². The lowest BCUT2D eigenvalue weighted by atomic mass is 10.0. The third-order valence-corrected chi connectivity index (χ3v) is 4.01. The third-order valence-electron chi connectivity index (χ3n) is 4.01. The van der Waals surface area contributed by atoms with E-state index in [1.54, 1.807) is 4.90 Å². The van der Waals surface area contributed by atoms with Crippen molar-refractivity contribution in [3.05, 3.63) is 23.0 Å². The van der Waals surface area contributed by atoms with Crippen molar-refractivity contribution in [3.8, 4) is 0 Å². The van der Waals surface area contributed by atoms with E-state index < -0.39 is 6.10 Å². The largest absolute Gasteiger partial charge is 0.389 e. The first-order chi connectivity index (χ1) is 9.63. The maximum absolute atomic E-state index is 12.5. The van der Waals surface area contributed by atoms with Gasteiger partial charge in [-0.1, -0.05) is 5.16 Å². The molecule has 2 aromatic rings. The quantitative estimate of drug-likeness (QED) is 0.890. The molecular weight excluding hydrogens is 258 g/mol. The Balaban J connectivity index is 1.82. The average molecular weight is 273 g/mol. The van der Waals surface area contributed by atoms with Crippen molar-refractivity contribution >= 4 is 17.0 Å². The summed E-state index contributed by atoms with van der Waals surface area (Å²) in [6, 6.07) is 1.87. The summed E-state index contributed by atoms with van der Waals surface area (Å²) in [5, 5.41) is 14.0. The van der Waals surface area contributed by atoms with E-state index in [9.17, 15) is 9.90 Å². The third kappa shape index (κ3) is 1.71. The Labute approximate surface area is 115 Å². The Hall–Kier alpha value is -1.95. The zero-order valence-corrected chi connectivity index (χ0v) is 11.2. The second-order valence-electron chi connectivity index (χ2n) is 5.68. The number of likely N-dealkylation sites (tertiary alicyclic amines) is 1. The molecule has 1 amide bonds. The molecule has 6 heteroatoms. The van der Waals surface area contributed by atoms with Gasteiger partial charge < -0.3 is 14.5 Å². The normalized spacial score (nSPS) is 19.4. The average Bonchev–Trinajstić information content (AvgIpc) is 3.19. The smallest absolute Gasteiger partial charge is 0.259 e. The zero-order valence-electron chi connectivity index (χ0n) is 11.2. The molecule has 0 unspecified atom stereocenters. The summed E-state index contributed by atoms with van der Waals surface area (Å²) in [6.45, 7) is 2.60. The number of aromatic nitrogens is 2. The zero-order chi connectivity index (χ0) is 13.9. The topological polar surface area (TPSA) is 79.5 Å². The molecule has 0 radical (unpaired) electrons. The van der Waals surface area contributed by atoms with Crippen molar-refractivity contribution in [1.82, 2.24) is 15.0 Å². The maximum Gasteiger partial charge on any atom is 0.259 e. The summed E-state index contributed by atoms with van der Waals surface area (Å²) in [6.07, 6.45) is 1.83. The van der Waals surface area contributed by atoms with E-state index in [0.29, 0.717) is 41.4 Å². The van der Waals surface area contributed by atoms with E-state index in [2.05, 4.69) is 10.1 Å². The predicted octanol–water partition coefficient (Wildman–Crippen LogP) is 1.23. The summed E-state index contributed by atoms with van der Waals surface area (Å²) in [7, 11) is 0. The highest BCUT2D eigenvalue weighted by Gasteiger charge is 2.33. The van der Waals surface area contributed by atoms with Gasteiger partial charge in [0.05, 0.1) is 22.7 Å². The van der Waals surface area contributed by atoms with Crippen LogP contribution in [0.1, 0.15) is 40.5 Å². The number of hydrogen-bond donors (Lipinski definition) is 1. The van der Waals surface area contributed by atoms with E-state index >= 15 is 0 Å². The summed E-state index contributed by atoms with van der Waals surface area (Å²) in [4.78, 5) is 18.7. The molecular formula is C14H15N3O3. The van der Waals surface area contributed by atoms with Gasteiger partial charge in [0.15, 0.2) is 0 Å². The first-order valence-electron chi connectivity index (χ1n) is 6.87. The van der Waals surface area contributed by atoms with Crippen molar-refractivity contribution < 1.29 is 14.4 Å². The van der Waals surface area contributed by atoms with E-state index in [1.807, 2.05) is 13.0 Å². The molecule has 2 aromatic heterocycles. The van der Waals surface area contributed by atoms with Crippen LogP contribution in [0.3, 0.4) is 0 Å². The molecule has 2 aliphatic rings. The molecule has 0 bridgehead atoms. The Morgan fingerprint density at radius 1 is 1.45 bits per heavy atom. The number of carbonyl (C=O) groups is 1. The Bertz CT molecular complexity index is 699. The first-order valence-corrected chi connectivity index (χ1v) is 6.87. The number of fused-ring (bicyclic) bond motifs is 1. The minimum Gasteiger partial charge on any atom is -0.389 e. The van der Waals surface area contributed by atoms with Gasteiger partial charge in [-0.3, -0.25) is 4.79 Å². The van der Waals surface area contributed by atoms with Gasteiger partial charge in [-0.15, -0.1) is 0 Å². The predicted molar refractivity (Wildman–Crippen MR) is 70.4 cm³/mol. The molecule has 1 saturated carbocycles. The SMILES string of the molecule is Cc1noc2nc(C3CC3)cc(C(=O)N3CC(O)C3)c12. The van der Waals surface area contributed by atoms with Crippen molar-refractivity contribution in [1.29, 1.82) is 0 Å². The number of pyridine rings is 1. The van der Waals surface area contributed by atoms with Crippen LogP contribution in [0.15, 0.2) is 10.6 Å². The molecule has 1 aliphatic carbocycles. The minimum atomic E-state index is -0.400. The number of nitrogens with zero attached hydrogens (tertiary/aromatic N) is 3. The highest BCUT2D eigenvalue weighted by atomic mass is 16.5. The molecule has 2 fully saturated rings. The van der Waals surface area contributed by atoms with Gasteiger partial charge in [-0.2, -0.15) is 0 Å². The molecule has 1 aliphatic heterocycles. The Morgan fingerprint density at radius 3 is 2.85 bits per heavy atom. The molecule has 20 heavy (non-hydrogen) atoms. The lowest BCUT2D eigenvalue weighted by molar-refractivity contribution is 0.00601. The lowest BCUT2D eigenvalue weighted by Crippen LogP contribution is -2.53. The number of aryl methyl sites for hydroxylation is 1. The van der Waals surface area contributed by atoms with Crippen LogP contribution < -0.4 is 0 Å². The summed E-state index contributed by atoms with van der Waals surface area (Å²) >= 11 is 0. The fourth-order valence-electron chi connectivity index (χ4n) is 2.66. The molecule has 0 aromatic carbocycles. The van der Waals surface area contributed by atoms with Crippen molar-refractivity contribution in [3.63, 3.8) is 0 Å². The fourth-order valence-corrected chi connectivity index (χ4v) is 2.66. The number of β-amino-alcohol motifs (C(OH)–C–C–N with tert-alkyl or cyclic N) is 1. The monoisotopic (exact) mass is 273 g/mol. The van der Waals surface area contributed by atoms with Gasteiger partial charge in [0.2, 0.25) is 0 Å². The van der Waals surface area contributed by atoms with Gasteiger partial charge in [-0.05, 0) is 25.8 Å². The molecule has 104 valence electrons. The van der Waals surface area contributed by atoms with Crippen LogP contribution in [0, 0.1) is 6.92 Å². The molecule has 0 atom stereocenters. The van der Waals surface area contributed by atoms with Crippen LogP contribution in [0.4, 0.5) is 0 Å². The summed E-state index contributed by atoms with van der Waals surface area (Å²) in [5.74, 6) is 0.370. The van der Waals surface area contributed by atoms with Crippen LogP contribution >= 0.6 is 0 Å². The Morgan fingerprint density at radius 2 is 2.20 bits per heavy atom. The van der Waals surface area contributed by atoms with Crippen LogP contribution in [0.5, 0.6) is 0 Å². The number of aliphatic hydroxyl groups excluding tert-OH is 1. The van der Waals surface area contributed by atoms with Gasteiger partial charge in [-0.25, -0.2) is 4.98 Å². The van der Waals surface area contributed by atoms with Gasteiger partial charge in [0, 0.05) is 24.7 Å². The van der Waals surface area contributed by atoms with Gasteiger partial charge >= 0.3 is 0 Å². The molecule has 0 spiro atoms. The lowest BCUT2D eigenvalue weighted by Gasteiger charge is -2.36. The highest BCUT2D eigenvalue weighted by molar-refractivity contribution is 6.06. The maximum atomic E-state index is 12.5. The number of aliphatic hydroxyl groups is 1. The van der Waals surface area contributed by atoms with Crippen LogP contribution in [-0.4, -0.2) is 45.2 Å². The molecule has 6 nitrogen and oxygen atoms in total. The van der Waals surface area contributed by atoms with Gasteiger partial charge in [0.1, 0.15) is 0 Å². The standard InChI is InChI=1S/C14H15N3O3/c1-7-12-10(14(19)17-5-9(18)6-17)4-11(8-2-3-8)15-13(12)20-16-7/h4,8-9,18H,2-3,5-6H2,1H3. The second-order valence-corrected chi connectivity index (χ2v) is 5.68. The summed E-state index contributed by atoms with van der Waals surface area (Å²) < 4.78 is 5.23. The van der Waals surface area contributed by atoms with Crippen molar-refractivity contribution in [2.24, 2.45) is 0 Å². The van der Waals surface area contributed by atoms with Crippen LogP contribution in [0.25, 0.3) is 11.1 Å². The summed E-state index contributed by atoms with van der Waals surface area (Å²) in [5.41, 5.74) is 2.64. The van der Waals surface area contributed by atoms with Crippen molar-refractivity contribution in [2.45, 2.75) is 31.8 Å². The Kier molecular flexibility index (Phi) is 2.38. The second kappa shape index (κ2) is 4.02. The van der Waals surface area contributed by atoms with Gasteiger partial charge in [0.25, 0.3) is 11.6 Å². The number of carbonyl (C=O) groups excluding carboxylic acids is 1. The number of amides is 1. The van der Waals surface area contributed by atoms with Crippen molar-refractivity contribution in [2.75, 3.05) is 13.1 Å². The number of hydrogen-bond acceptors (Lipinski definition) is 5. The first kappa shape index (κ1) is 11.8. The molecule has 3 heterocycles. The highest BCUT2D eigenvalue weighted by Crippen LogP contribution is 2.40.